The Balaban J connectivity index is 2.43. The Bertz CT molecular complexity index is 559. The van der Waals surface area contributed by atoms with Gasteiger partial charge in [-0.25, -0.2) is 5.10 Å². The van der Waals surface area contributed by atoms with Crippen LogP contribution in [0.15, 0.2) is 21.6 Å². The van der Waals surface area contributed by atoms with E-state index in [0.717, 1.165) is 11.8 Å². The van der Waals surface area contributed by atoms with Crippen LogP contribution < -0.4 is 11.3 Å². The van der Waals surface area contributed by atoms with Crippen LogP contribution in [0.3, 0.4) is 0 Å². The summed E-state index contributed by atoms with van der Waals surface area (Å²) in [7, 11) is 0. The molecular weight excluding hydrogens is 224 g/mol. The van der Waals surface area contributed by atoms with E-state index >= 15 is 0 Å². The average molecular weight is 234 g/mol. The van der Waals surface area contributed by atoms with Crippen molar-refractivity contribution in [1.29, 1.82) is 5.41 Å². The summed E-state index contributed by atoms with van der Waals surface area (Å²) in [5.41, 5.74) is 7.49. The first kappa shape index (κ1) is 10.6. The molecule has 4 N–H and O–H groups in total. The van der Waals surface area contributed by atoms with Crippen LogP contribution in [0.4, 0.5) is 5.69 Å². The molecule has 2 rings (SSSR count). The second-order valence-corrected chi connectivity index (χ2v) is 4.06. The van der Waals surface area contributed by atoms with E-state index in [9.17, 15) is 4.79 Å². The van der Waals surface area contributed by atoms with Crippen molar-refractivity contribution >= 4 is 23.2 Å². The van der Waals surface area contributed by atoms with Crippen LogP contribution in [0.2, 0.25) is 0 Å². The number of anilines is 1. The number of nitrogens with two attached hydrogens (primary N) is 1. The van der Waals surface area contributed by atoms with Crippen LogP contribution in [0.25, 0.3) is 0 Å². The molecule has 0 aliphatic heterocycles. The summed E-state index contributed by atoms with van der Waals surface area (Å²) in [6.45, 7) is 0. The quantitative estimate of drug-likeness (QED) is 0.691. The molecule has 0 unspecified atom stereocenters. The van der Waals surface area contributed by atoms with E-state index in [1.165, 1.54) is 0 Å². The number of rotatable bonds is 3. The minimum absolute atomic E-state index is 0.167. The van der Waals surface area contributed by atoms with Gasteiger partial charge in [-0.15, -0.1) is 0 Å². The zero-order chi connectivity index (χ0) is 11.5. The van der Waals surface area contributed by atoms with Gasteiger partial charge in [0.2, 0.25) is 0 Å². The molecular formula is C10H10N4OS. The molecule has 0 aliphatic rings. The lowest BCUT2D eigenvalue weighted by atomic mass is 10.1. The lowest BCUT2D eigenvalue weighted by Gasteiger charge is -2.04. The minimum Gasteiger partial charge on any atom is -0.396 e. The maximum Gasteiger partial charge on any atom is 0.275 e. The summed E-state index contributed by atoms with van der Waals surface area (Å²) in [4.78, 5) is 11.3. The fourth-order valence-electron chi connectivity index (χ4n) is 1.38. The number of hydrogen-bond donors (Lipinski definition) is 3. The van der Waals surface area contributed by atoms with E-state index in [1.54, 1.807) is 11.3 Å². The van der Waals surface area contributed by atoms with E-state index in [2.05, 4.69) is 10.2 Å². The largest absolute Gasteiger partial charge is 0.396 e. The van der Waals surface area contributed by atoms with Crippen LogP contribution in [0.1, 0.15) is 16.8 Å². The van der Waals surface area contributed by atoms with Crippen molar-refractivity contribution in [3.63, 3.8) is 0 Å². The first-order valence-electron chi connectivity index (χ1n) is 4.61. The molecule has 0 bridgehead atoms. The minimum atomic E-state index is -0.429. The highest BCUT2D eigenvalue weighted by molar-refractivity contribution is 7.07. The Morgan fingerprint density at radius 2 is 2.44 bits per heavy atom. The Kier molecular flexibility index (Phi) is 2.82. The maximum absolute atomic E-state index is 11.3. The van der Waals surface area contributed by atoms with Gasteiger partial charge < -0.3 is 11.1 Å². The summed E-state index contributed by atoms with van der Waals surface area (Å²) in [5, 5.41) is 17.3. The lowest BCUT2D eigenvalue weighted by molar-refractivity contribution is 0.914. The van der Waals surface area contributed by atoms with E-state index in [-0.39, 0.29) is 11.3 Å². The van der Waals surface area contributed by atoms with E-state index < -0.39 is 5.56 Å². The standard InChI is InChI=1S/C10H10N4OS/c11-4-7-9(12)8(13-14-10(7)15)3-6-1-2-16-5-6/h1-2,4-5,11H,3H2,(H3,12,14,15). The zero-order valence-electron chi connectivity index (χ0n) is 8.36. The summed E-state index contributed by atoms with van der Waals surface area (Å²) in [5.74, 6) is 0. The SMILES string of the molecule is N=Cc1c(N)c(Cc2ccsc2)n[nH]c1=O. The molecule has 16 heavy (non-hydrogen) atoms. The molecule has 0 atom stereocenters. The Hall–Kier alpha value is -1.95. The van der Waals surface area contributed by atoms with Crippen molar-refractivity contribution in [2.75, 3.05) is 5.73 Å². The third-order valence-corrected chi connectivity index (χ3v) is 2.97. The van der Waals surface area contributed by atoms with E-state index in [4.69, 9.17) is 11.1 Å². The van der Waals surface area contributed by atoms with Crippen molar-refractivity contribution in [2.45, 2.75) is 6.42 Å². The fourth-order valence-corrected chi connectivity index (χ4v) is 2.05. The number of H-pyrrole nitrogens is 1. The molecule has 0 amide bonds. The van der Waals surface area contributed by atoms with Crippen molar-refractivity contribution < 1.29 is 0 Å². The Morgan fingerprint density at radius 1 is 1.62 bits per heavy atom. The Labute approximate surface area is 95.5 Å². The van der Waals surface area contributed by atoms with Gasteiger partial charge in [-0.1, -0.05) is 0 Å². The molecule has 2 heterocycles. The molecule has 0 saturated heterocycles. The molecule has 82 valence electrons. The average Bonchev–Trinajstić information content (AvgIpc) is 2.76. The summed E-state index contributed by atoms with van der Waals surface area (Å²) < 4.78 is 0. The number of nitrogen functional groups attached to an aromatic ring is 1. The monoisotopic (exact) mass is 234 g/mol. The normalized spacial score (nSPS) is 10.2. The molecule has 6 heteroatoms. The first-order chi connectivity index (χ1) is 7.72. The van der Waals surface area contributed by atoms with Gasteiger partial charge in [0.05, 0.1) is 16.9 Å². The topological polar surface area (TPSA) is 95.6 Å². The van der Waals surface area contributed by atoms with Gasteiger partial charge in [0.1, 0.15) is 0 Å². The summed E-state index contributed by atoms with van der Waals surface area (Å²) in [6.07, 6.45) is 1.51. The van der Waals surface area contributed by atoms with Crippen molar-refractivity contribution in [3.05, 3.63) is 44.0 Å². The number of aromatic nitrogens is 2. The van der Waals surface area contributed by atoms with Crippen molar-refractivity contribution in [3.8, 4) is 0 Å². The van der Waals surface area contributed by atoms with Gasteiger partial charge in [-0.05, 0) is 22.4 Å². The Morgan fingerprint density at radius 3 is 3.06 bits per heavy atom. The van der Waals surface area contributed by atoms with Gasteiger partial charge >= 0.3 is 0 Å². The van der Waals surface area contributed by atoms with Gasteiger partial charge in [0.25, 0.3) is 5.56 Å². The van der Waals surface area contributed by atoms with Gasteiger partial charge in [0.15, 0.2) is 0 Å². The molecule has 2 aromatic heterocycles. The second kappa shape index (κ2) is 4.28. The number of nitrogens with zero attached hydrogens (tertiary/aromatic N) is 1. The lowest BCUT2D eigenvalue weighted by Crippen LogP contribution is -2.19. The van der Waals surface area contributed by atoms with Crippen molar-refractivity contribution in [2.24, 2.45) is 0 Å². The van der Waals surface area contributed by atoms with Crippen LogP contribution in [-0.4, -0.2) is 16.4 Å². The predicted molar refractivity (Wildman–Crippen MR) is 64.3 cm³/mol. The summed E-state index contributed by atoms with van der Waals surface area (Å²) >= 11 is 1.59. The maximum atomic E-state index is 11.3. The first-order valence-corrected chi connectivity index (χ1v) is 5.55. The molecule has 0 saturated carbocycles. The fraction of sp³-hybridized carbons (Fsp3) is 0.100. The van der Waals surface area contributed by atoms with Gasteiger partial charge in [-0.2, -0.15) is 16.4 Å². The number of thiophene rings is 1. The van der Waals surface area contributed by atoms with E-state index in [1.807, 2.05) is 16.8 Å². The van der Waals surface area contributed by atoms with Crippen LogP contribution in [0.5, 0.6) is 0 Å². The highest BCUT2D eigenvalue weighted by atomic mass is 32.1. The molecule has 0 fully saturated rings. The molecule has 5 nitrogen and oxygen atoms in total. The molecule has 0 aliphatic carbocycles. The van der Waals surface area contributed by atoms with E-state index in [0.29, 0.717) is 12.1 Å². The van der Waals surface area contributed by atoms with Crippen molar-refractivity contribution in [1.82, 2.24) is 10.2 Å². The number of nitrogens with one attached hydrogen (secondary N) is 2. The van der Waals surface area contributed by atoms with Crippen LogP contribution in [-0.2, 0) is 6.42 Å². The van der Waals surface area contributed by atoms with Gasteiger partial charge in [-0.3, -0.25) is 4.79 Å². The highest BCUT2D eigenvalue weighted by Crippen LogP contribution is 2.16. The highest BCUT2D eigenvalue weighted by Gasteiger charge is 2.09. The number of hydrogen-bond acceptors (Lipinski definition) is 5. The molecule has 0 spiro atoms. The third kappa shape index (κ3) is 1.87. The zero-order valence-corrected chi connectivity index (χ0v) is 9.17. The molecule has 0 aromatic carbocycles. The predicted octanol–water partition coefficient (Wildman–Crippen LogP) is 1.00. The molecule has 0 radical (unpaired) electrons. The van der Waals surface area contributed by atoms with Crippen LogP contribution in [0, 0.1) is 5.41 Å². The number of aromatic amines is 1. The smallest absolute Gasteiger partial charge is 0.275 e. The van der Waals surface area contributed by atoms with Gasteiger partial charge in [0, 0.05) is 12.6 Å². The molecule has 2 aromatic rings. The van der Waals surface area contributed by atoms with Crippen LogP contribution >= 0.6 is 11.3 Å². The summed E-state index contributed by atoms with van der Waals surface area (Å²) in [6, 6.07) is 1.97. The second-order valence-electron chi connectivity index (χ2n) is 3.28. The third-order valence-electron chi connectivity index (χ3n) is 2.23.